The molecule has 3 aromatic rings. The minimum absolute atomic E-state index is 0.171. The Balaban J connectivity index is 1.61. The van der Waals surface area contributed by atoms with Crippen LogP contribution in [0.1, 0.15) is 5.76 Å². The number of carbonyl (C=O) groups excluding carboxylic acids is 1. The number of rotatable bonds is 4. The highest BCUT2D eigenvalue weighted by Crippen LogP contribution is 2.31. The highest BCUT2D eigenvalue weighted by atomic mass is 35.5. The Morgan fingerprint density at radius 3 is 2.64 bits per heavy atom. The zero-order chi connectivity index (χ0) is 20.1. The van der Waals surface area contributed by atoms with E-state index in [9.17, 15) is 4.79 Å². The molecule has 1 amide bonds. The molecule has 142 valence electrons. The van der Waals surface area contributed by atoms with Gasteiger partial charge in [-0.15, -0.1) is 12.6 Å². The summed E-state index contributed by atoms with van der Waals surface area (Å²) in [6, 6.07) is 16.0. The molecule has 0 saturated carbocycles. The summed E-state index contributed by atoms with van der Waals surface area (Å²) in [7, 11) is 0. The highest BCUT2D eigenvalue weighted by Gasteiger charge is 2.09. The Morgan fingerprint density at radius 1 is 1.11 bits per heavy atom. The van der Waals surface area contributed by atoms with Gasteiger partial charge in [0.2, 0.25) is 5.91 Å². The first-order chi connectivity index (χ1) is 13.4. The fourth-order valence-electron chi connectivity index (χ4n) is 2.32. The maximum absolute atomic E-state index is 12.0. The highest BCUT2D eigenvalue weighted by molar-refractivity contribution is 7.81. The maximum Gasteiger partial charge on any atom is 0.250 e. The van der Waals surface area contributed by atoms with E-state index in [2.05, 4.69) is 23.3 Å². The first kappa shape index (κ1) is 20.5. The van der Waals surface area contributed by atoms with E-state index in [4.69, 9.17) is 39.8 Å². The molecule has 28 heavy (non-hydrogen) atoms. The van der Waals surface area contributed by atoms with Crippen molar-refractivity contribution in [2.24, 2.45) is 0 Å². The molecule has 0 bridgehead atoms. The van der Waals surface area contributed by atoms with Crippen LogP contribution in [0.15, 0.2) is 70.0 Å². The molecule has 0 aliphatic heterocycles. The van der Waals surface area contributed by atoms with Crippen LogP contribution < -0.4 is 10.6 Å². The van der Waals surface area contributed by atoms with Gasteiger partial charge in [0.15, 0.2) is 5.11 Å². The van der Waals surface area contributed by atoms with Gasteiger partial charge in [0.1, 0.15) is 11.5 Å². The number of amides is 1. The van der Waals surface area contributed by atoms with Gasteiger partial charge in [-0.1, -0.05) is 35.3 Å². The molecular formula is C20H14Cl2N2O2S2. The second-order valence-electron chi connectivity index (χ2n) is 5.62. The number of nitrogens with one attached hydrogen (secondary N) is 2. The molecule has 2 aromatic carbocycles. The number of furan rings is 1. The summed E-state index contributed by atoms with van der Waals surface area (Å²) in [5, 5.41) is 6.68. The van der Waals surface area contributed by atoms with Crippen LogP contribution in [0, 0.1) is 0 Å². The van der Waals surface area contributed by atoms with Crippen LogP contribution in [-0.2, 0) is 4.79 Å². The number of thiol groups is 1. The lowest BCUT2D eigenvalue weighted by molar-refractivity contribution is -0.115. The summed E-state index contributed by atoms with van der Waals surface area (Å²) < 4.78 is 5.70. The third-order valence-electron chi connectivity index (χ3n) is 3.61. The predicted octanol–water partition coefficient (Wildman–Crippen LogP) is 6.07. The number of para-hydroxylation sites is 1. The number of hydrogen-bond acceptors (Lipinski definition) is 4. The number of thiocarbonyl (C=S) groups is 1. The minimum Gasteiger partial charge on any atom is -0.457 e. The quantitative estimate of drug-likeness (QED) is 0.257. The van der Waals surface area contributed by atoms with Gasteiger partial charge in [-0.2, -0.15) is 0 Å². The second-order valence-corrected chi connectivity index (χ2v) is 7.35. The number of anilines is 1. The fraction of sp³-hybridized carbons (Fsp3) is 0. The molecule has 0 saturated heterocycles. The summed E-state index contributed by atoms with van der Waals surface area (Å²) in [6.45, 7) is 0. The lowest BCUT2D eigenvalue weighted by atomic mass is 10.2. The molecule has 4 nitrogen and oxygen atoms in total. The number of halogens is 2. The van der Waals surface area contributed by atoms with Gasteiger partial charge in [0, 0.05) is 21.6 Å². The standard InChI is InChI=1S/C20H14Cl2N2O2S2/c21-12-5-8-14(15(22)11-12)17-9-6-13(26-17)7-10-19(25)24-20(28)23-16-3-1-2-4-18(16)27/h1-11,27H,(H2,23,24,25,28)/b10-7+. The van der Waals surface area contributed by atoms with E-state index in [1.807, 2.05) is 24.3 Å². The summed E-state index contributed by atoms with van der Waals surface area (Å²) in [6.07, 6.45) is 2.87. The SMILES string of the molecule is O=C(/C=C/c1ccc(-c2ccc(Cl)cc2Cl)o1)NC(=S)Nc1ccccc1S. The zero-order valence-corrected chi connectivity index (χ0v) is 17.5. The minimum atomic E-state index is -0.392. The maximum atomic E-state index is 12.0. The molecule has 0 spiro atoms. The van der Waals surface area contributed by atoms with Crippen molar-refractivity contribution in [3.05, 3.63) is 76.5 Å². The monoisotopic (exact) mass is 448 g/mol. The van der Waals surface area contributed by atoms with Crippen molar-refractivity contribution in [2.45, 2.75) is 4.90 Å². The average Bonchev–Trinajstić information content (AvgIpc) is 3.10. The van der Waals surface area contributed by atoms with E-state index in [0.717, 1.165) is 4.90 Å². The number of hydrogen-bond donors (Lipinski definition) is 3. The summed E-state index contributed by atoms with van der Waals surface area (Å²) in [5.74, 6) is 0.677. The molecular weight excluding hydrogens is 435 g/mol. The third-order valence-corrected chi connectivity index (χ3v) is 4.75. The van der Waals surface area contributed by atoms with Crippen LogP contribution >= 0.6 is 48.0 Å². The van der Waals surface area contributed by atoms with Gasteiger partial charge in [0.25, 0.3) is 0 Å². The molecule has 0 aliphatic carbocycles. The molecule has 0 radical (unpaired) electrons. The molecule has 0 unspecified atom stereocenters. The van der Waals surface area contributed by atoms with Crippen molar-refractivity contribution in [3.63, 3.8) is 0 Å². The van der Waals surface area contributed by atoms with Crippen molar-refractivity contribution in [3.8, 4) is 11.3 Å². The number of benzene rings is 2. The average molecular weight is 449 g/mol. The van der Waals surface area contributed by atoms with Gasteiger partial charge in [-0.05, 0) is 60.8 Å². The van der Waals surface area contributed by atoms with Crippen molar-refractivity contribution < 1.29 is 9.21 Å². The van der Waals surface area contributed by atoms with Crippen LogP contribution in [0.3, 0.4) is 0 Å². The molecule has 2 N–H and O–H groups in total. The topological polar surface area (TPSA) is 54.3 Å². The van der Waals surface area contributed by atoms with E-state index in [1.54, 1.807) is 30.3 Å². The summed E-state index contributed by atoms with van der Waals surface area (Å²) >= 11 is 21.5. The molecule has 8 heteroatoms. The van der Waals surface area contributed by atoms with Crippen molar-refractivity contribution in [2.75, 3.05) is 5.32 Å². The molecule has 0 atom stereocenters. The Hall–Kier alpha value is -2.25. The van der Waals surface area contributed by atoms with E-state index in [0.29, 0.717) is 32.8 Å². The normalized spacial score (nSPS) is 10.8. The summed E-state index contributed by atoms with van der Waals surface area (Å²) in [5.41, 5.74) is 1.42. The summed E-state index contributed by atoms with van der Waals surface area (Å²) in [4.78, 5) is 12.8. The van der Waals surface area contributed by atoms with Gasteiger partial charge in [-0.3, -0.25) is 10.1 Å². The largest absolute Gasteiger partial charge is 0.457 e. The molecule has 0 aliphatic rings. The van der Waals surface area contributed by atoms with Crippen LogP contribution in [0.4, 0.5) is 5.69 Å². The predicted molar refractivity (Wildman–Crippen MR) is 121 cm³/mol. The van der Waals surface area contributed by atoms with E-state index in [-0.39, 0.29) is 5.11 Å². The number of carbonyl (C=O) groups is 1. The van der Waals surface area contributed by atoms with Crippen molar-refractivity contribution in [1.29, 1.82) is 0 Å². The van der Waals surface area contributed by atoms with E-state index in [1.165, 1.54) is 12.2 Å². The van der Waals surface area contributed by atoms with Gasteiger partial charge in [-0.25, -0.2) is 0 Å². The fourth-order valence-corrected chi connectivity index (χ4v) is 3.25. The van der Waals surface area contributed by atoms with Crippen LogP contribution in [-0.4, -0.2) is 11.0 Å². The second kappa shape index (κ2) is 9.30. The van der Waals surface area contributed by atoms with Crippen LogP contribution in [0.2, 0.25) is 10.0 Å². The van der Waals surface area contributed by atoms with Gasteiger partial charge < -0.3 is 9.73 Å². The van der Waals surface area contributed by atoms with Gasteiger partial charge in [0.05, 0.1) is 10.7 Å². The zero-order valence-electron chi connectivity index (χ0n) is 14.3. The van der Waals surface area contributed by atoms with Crippen molar-refractivity contribution in [1.82, 2.24) is 5.32 Å². The van der Waals surface area contributed by atoms with Gasteiger partial charge >= 0.3 is 0 Å². The van der Waals surface area contributed by atoms with Crippen molar-refractivity contribution >= 4 is 70.8 Å². The molecule has 1 heterocycles. The van der Waals surface area contributed by atoms with Crippen LogP contribution in [0.5, 0.6) is 0 Å². The first-order valence-electron chi connectivity index (χ1n) is 8.05. The Morgan fingerprint density at radius 2 is 1.89 bits per heavy atom. The lowest BCUT2D eigenvalue weighted by Crippen LogP contribution is -2.32. The third kappa shape index (κ3) is 5.39. The van der Waals surface area contributed by atoms with E-state index < -0.39 is 5.91 Å². The molecule has 3 rings (SSSR count). The lowest BCUT2D eigenvalue weighted by Gasteiger charge is -2.09. The Kier molecular flexibility index (Phi) is 6.80. The smallest absolute Gasteiger partial charge is 0.250 e. The van der Waals surface area contributed by atoms with Crippen LogP contribution in [0.25, 0.3) is 17.4 Å². The Labute approximate surface area is 182 Å². The first-order valence-corrected chi connectivity index (χ1v) is 9.67. The van der Waals surface area contributed by atoms with E-state index >= 15 is 0 Å². The Bertz CT molecular complexity index is 1060. The molecule has 1 aromatic heterocycles. The molecule has 0 fully saturated rings.